The maximum atomic E-state index is 12.9. The van der Waals surface area contributed by atoms with Crippen molar-refractivity contribution in [3.8, 4) is 0 Å². The zero-order valence-corrected chi connectivity index (χ0v) is 14.3. The van der Waals surface area contributed by atoms with E-state index in [1.54, 1.807) is 16.2 Å². The number of nitrogens with zero attached hydrogens (tertiary/aromatic N) is 2. The number of fused-ring (bicyclic) bond motifs is 1. The highest BCUT2D eigenvalue weighted by Crippen LogP contribution is 2.34. The summed E-state index contributed by atoms with van der Waals surface area (Å²) in [4.78, 5) is 28.9. The number of para-hydroxylation sites is 1. The van der Waals surface area contributed by atoms with Gasteiger partial charge in [-0.25, -0.2) is 0 Å². The van der Waals surface area contributed by atoms with Gasteiger partial charge in [0, 0.05) is 18.7 Å². The third-order valence-corrected chi connectivity index (χ3v) is 5.69. The molecule has 1 atom stereocenters. The number of amides is 2. The molecule has 4 rings (SSSR count). The standard InChI is InChI=1S/C19H20N2O2S/c22-18-8-7-14-4-1-2-5-16(14)21(18)12-19(23)20-10-3-6-17(20)15-9-11-24-13-15/h1-2,4-5,9,11,13,17H,3,6-8,10,12H2/t17-/m1/s1. The molecule has 124 valence electrons. The molecule has 4 nitrogen and oxygen atoms in total. The van der Waals surface area contributed by atoms with Crippen LogP contribution in [0.1, 0.15) is 36.4 Å². The van der Waals surface area contributed by atoms with Crippen molar-refractivity contribution in [1.29, 1.82) is 0 Å². The van der Waals surface area contributed by atoms with Crippen molar-refractivity contribution in [1.82, 2.24) is 4.90 Å². The van der Waals surface area contributed by atoms with Crippen LogP contribution >= 0.6 is 11.3 Å². The minimum Gasteiger partial charge on any atom is -0.334 e. The van der Waals surface area contributed by atoms with Crippen LogP contribution in [-0.4, -0.2) is 29.8 Å². The highest BCUT2D eigenvalue weighted by molar-refractivity contribution is 7.08. The van der Waals surface area contributed by atoms with Gasteiger partial charge in [-0.3, -0.25) is 9.59 Å². The molecule has 0 saturated carbocycles. The van der Waals surface area contributed by atoms with Crippen LogP contribution < -0.4 is 4.90 Å². The molecule has 2 aliphatic heterocycles. The molecule has 0 bridgehead atoms. The Morgan fingerprint density at radius 1 is 1.21 bits per heavy atom. The summed E-state index contributed by atoms with van der Waals surface area (Å²) in [6.07, 6.45) is 3.28. The Morgan fingerprint density at radius 2 is 2.08 bits per heavy atom. The first-order valence-electron chi connectivity index (χ1n) is 8.44. The summed E-state index contributed by atoms with van der Waals surface area (Å²) >= 11 is 1.66. The zero-order chi connectivity index (χ0) is 16.5. The van der Waals surface area contributed by atoms with E-state index in [2.05, 4.69) is 16.8 Å². The van der Waals surface area contributed by atoms with E-state index in [1.807, 2.05) is 29.2 Å². The second-order valence-corrected chi connectivity index (χ2v) is 7.19. The number of carbonyl (C=O) groups is 2. The van der Waals surface area contributed by atoms with Crippen molar-refractivity contribution in [2.24, 2.45) is 0 Å². The van der Waals surface area contributed by atoms with Crippen molar-refractivity contribution < 1.29 is 9.59 Å². The molecule has 0 unspecified atom stereocenters. The lowest BCUT2D eigenvalue weighted by Gasteiger charge is -2.32. The van der Waals surface area contributed by atoms with Crippen LogP contribution in [0.5, 0.6) is 0 Å². The molecule has 0 N–H and O–H groups in total. The van der Waals surface area contributed by atoms with E-state index < -0.39 is 0 Å². The first-order valence-corrected chi connectivity index (χ1v) is 9.38. The lowest BCUT2D eigenvalue weighted by atomic mass is 10.0. The topological polar surface area (TPSA) is 40.6 Å². The molecule has 1 aromatic carbocycles. The number of aryl methyl sites for hydroxylation is 1. The van der Waals surface area contributed by atoms with Gasteiger partial charge in [-0.15, -0.1) is 0 Å². The lowest BCUT2D eigenvalue weighted by molar-refractivity contribution is -0.132. The van der Waals surface area contributed by atoms with Gasteiger partial charge in [0.25, 0.3) is 0 Å². The second kappa shape index (κ2) is 6.40. The fourth-order valence-corrected chi connectivity index (χ4v) is 4.48. The van der Waals surface area contributed by atoms with Crippen molar-refractivity contribution in [2.75, 3.05) is 18.0 Å². The highest BCUT2D eigenvalue weighted by atomic mass is 32.1. The summed E-state index contributed by atoms with van der Waals surface area (Å²) in [5.74, 6) is 0.0992. The van der Waals surface area contributed by atoms with E-state index in [-0.39, 0.29) is 24.4 Å². The fraction of sp³-hybridized carbons (Fsp3) is 0.368. The SMILES string of the molecule is O=C1CCc2ccccc2N1CC(=O)N1CCC[C@@H]1c1ccsc1. The molecule has 0 aliphatic carbocycles. The van der Waals surface area contributed by atoms with Crippen molar-refractivity contribution in [2.45, 2.75) is 31.7 Å². The smallest absolute Gasteiger partial charge is 0.243 e. The highest BCUT2D eigenvalue weighted by Gasteiger charge is 2.33. The third-order valence-electron chi connectivity index (χ3n) is 4.99. The van der Waals surface area contributed by atoms with Crippen LogP contribution in [0, 0.1) is 0 Å². The van der Waals surface area contributed by atoms with Gasteiger partial charge in [0.1, 0.15) is 6.54 Å². The average molecular weight is 340 g/mol. The number of benzene rings is 1. The molecule has 24 heavy (non-hydrogen) atoms. The van der Waals surface area contributed by atoms with Crippen LogP contribution in [0.3, 0.4) is 0 Å². The Balaban J connectivity index is 1.55. The van der Waals surface area contributed by atoms with Gasteiger partial charge in [-0.2, -0.15) is 11.3 Å². The van der Waals surface area contributed by atoms with Crippen LogP contribution in [0.2, 0.25) is 0 Å². The number of anilines is 1. The summed E-state index contributed by atoms with van der Waals surface area (Å²) in [5.41, 5.74) is 3.27. The third kappa shape index (κ3) is 2.73. The maximum Gasteiger partial charge on any atom is 0.243 e. The van der Waals surface area contributed by atoms with Crippen molar-refractivity contribution >= 4 is 28.8 Å². The number of thiophene rings is 1. The van der Waals surface area contributed by atoms with Gasteiger partial charge in [-0.1, -0.05) is 18.2 Å². The Bertz CT molecular complexity index is 756. The van der Waals surface area contributed by atoms with E-state index in [0.29, 0.717) is 6.42 Å². The normalized spacial score (nSPS) is 20.3. The summed E-state index contributed by atoms with van der Waals surface area (Å²) in [6, 6.07) is 10.2. The van der Waals surface area contributed by atoms with Crippen LogP contribution in [0.4, 0.5) is 5.69 Å². The predicted molar refractivity (Wildman–Crippen MR) is 95.1 cm³/mol. The molecular formula is C19H20N2O2S. The minimum absolute atomic E-state index is 0.0494. The second-order valence-electron chi connectivity index (χ2n) is 6.41. The molecule has 1 fully saturated rings. The molecule has 5 heteroatoms. The maximum absolute atomic E-state index is 12.9. The van der Waals surface area contributed by atoms with Gasteiger partial charge in [0.15, 0.2) is 0 Å². The fourth-order valence-electron chi connectivity index (χ4n) is 3.77. The van der Waals surface area contributed by atoms with E-state index in [1.165, 1.54) is 5.56 Å². The Hall–Kier alpha value is -2.14. The van der Waals surface area contributed by atoms with Crippen molar-refractivity contribution in [3.05, 3.63) is 52.2 Å². The van der Waals surface area contributed by atoms with Gasteiger partial charge in [0.2, 0.25) is 11.8 Å². The molecule has 0 spiro atoms. The zero-order valence-electron chi connectivity index (χ0n) is 13.5. The molecule has 2 aromatic rings. The van der Waals surface area contributed by atoms with Crippen LogP contribution in [-0.2, 0) is 16.0 Å². The monoisotopic (exact) mass is 340 g/mol. The molecule has 1 saturated heterocycles. The largest absolute Gasteiger partial charge is 0.334 e. The molecule has 2 amide bonds. The summed E-state index contributed by atoms with van der Waals surface area (Å²) in [7, 11) is 0. The van der Waals surface area contributed by atoms with Gasteiger partial charge >= 0.3 is 0 Å². The van der Waals surface area contributed by atoms with Crippen LogP contribution in [0.25, 0.3) is 0 Å². The quantitative estimate of drug-likeness (QED) is 0.859. The number of likely N-dealkylation sites (tertiary alicyclic amines) is 1. The van der Waals surface area contributed by atoms with Crippen LogP contribution in [0.15, 0.2) is 41.1 Å². The summed E-state index contributed by atoms with van der Waals surface area (Å²) < 4.78 is 0. The molecule has 0 radical (unpaired) electrons. The Morgan fingerprint density at radius 3 is 2.92 bits per heavy atom. The Labute approximate surface area is 145 Å². The van der Waals surface area contributed by atoms with Crippen molar-refractivity contribution in [3.63, 3.8) is 0 Å². The molecule has 3 heterocycles. The van der Waals surface area contributed by atoms with Gasteiger partial charge < -0.3 is 9.80 Å². The first kappa shape index (κ1) is 15.4. The molecular weight excluding hydrogens is 320 g/mol. The van der Waals surface area contributed by atoms with E-state index in [0.717, 1.165) is 37.1 Å². The summed E-state index contributed by atoms with van der Waals surface area (Å²) in [6.45, 7) is 0.930. The van der Waals surface area contributed by atoms with E-state index >= 15 is 0 Å². The van der Waals surface area contributed by atoms with Gasteiger partial charge in [0.05, 0.1) is 6.04 Å². The molecule has 1 aromatic heterocycles. The average Bonchev–Trinajstić information content (AvgIpc) is 3.28. The van der Waals surface area contributed by atoms with E-state index in [9.17, 15) is 9.59 Å². The number of carbonyl (C=O) groups excluding carboxylic acids is 2. The number of hydrogen-bond donors (Lipinski definition) is 0. The predicted octanol–water partition coefficient (Wildman–Crippen LogP) is 3.39. The lowest BCUT2D eigenvalue weighted by Crippen LogP contribution is -2.44. The van der Waals surface area contributed by atoms with E-state index in [4.69, 9.17) is 0 Å². The number of rotatable bonds is 3. The van der Waals surface area contributed by atoms with Gasteiger partial charge in [-0.05, 0) is 53.3 Å². The number of hydrogen-bond acceptors (Lipinski definition) is 3. The minimum atomic E-state index is 0.0494. The summed E-state index contributed by atoms with van der Waals surface area (Å²) in [5, 5.41) is 4.18. The molecule has 2 aliphatic rings. The first-order chi connectivity index (χ1) is 11.7. The Kier molecular flexibility index (Phi) is 4.10.